The van der Waals surface area contributed by atoms with Crippen molar-refractivity contribution in [2.24, 2.45) is 0 Å². The molecule has 1 fully saturated rings. The van der Waals surface area contributed by atoms with E-state index in [1.165, 1.54) is 19.4 Å². The van der Waals surface area contributed by atoms with Gasteiger partial charge >= 0.3 is 11.9 Å². The Labute approximate surface area is 120 Å². The third kappa shape index (κ3) is 3.28. The van der Waals surface area contributed by atoms with Crippen molar-refractivity contribution >= 4 is 23.5 Å². The molecular weight excluding hydrogens is 278 g/mol. The lowest BCUT2D eigenvalue weighted by Gasteiger charge is -2.36. The van der Waals surface area contributed by atoms with Crippen molar-refractivity contribution in [2.45, 2.75) is 12.5 Å². The number of nitrogens with zero attached hydrogens (tertiary/aromatic N) is 2. The zero-order valence-corrected chi connectivity index (χ0v) is 11.4. The molecule has 0 bridgehead atoms. The van der Waals surface area contributed by atoms with Gasteiger partial charge in [-0.3, -0.25) is 9.59 Å². The quantitative estimate of drug-likeness (QED) is 0.730. The topological polar surface area (TPSA) is 109 Å². The molecule has 21 heavy (non-hydrogen) atoms. The Hall–Kier alpha value is -2.64. The van der Waals surface area contributed by atoms with Crippen molar-refractivity contribution in [2.75, 3.05) is 25.1 Å². The Morgan fingerprint density at radius 2 is 2.33 bits per heavy atom. The summed E-state index contributed by atoms with van der Waals surface area (Å²) in [6, 6.07) is 2.29. The van der Waals surface area contributed by atoms with Crippen LogP contribution in [0.15, 0.2) is 18.3 Å². The molecule has 8 heteroatoms. The highest BCUT2D eigenvalue weighted by Crippen LogP contribution is 2.21. The Kier molecular flexibility index (Phi) is 4.36. The lowest BCUT2D eigenvalue weighted by Crippen LogP contribution is -2.56. The molecule has 0 radical (unpaired) electrons. The molecule has 0 aliphatic carbocycles. The molecule has 2 heterocycles. The first-order chi connectivity index (χ1) is 10.0. The minimum Gasteiger partial charge on any atom is -0.481 e. The molecule has 1 amide bonds. The number of carbonyl (C=O) groups excluding carboxylic acids is 2. The summed E-state index contributed by atoms with van der Waals surface area (Å²) in [5.74, 6) is -2.00. The molecular formula is C13H15N3O5. The Morgan fingerprint density at radius 1 is 1.57 bits per heavy atom. The number of nitrogens with one attached hydrogen (secondary N) is 1. The van der Waals surface area contributed by atoms with Gasteiger partial charge in [0.25, 0.3) is 0 Å². The van der Waals surface area contributed by atoms with Gasteiger partial charge in [-0.2, -0.15) is 0 Å². The Balaban J connectivity index is 2.31. The predicted octanol–water partition coefficient (Wildman–Crippen LogP) is -0.352. The molecule has 2 N–H and O–H groups in total. The normalized spacial score (nSPS) is 18.0. The molecule has 1 saturated heterocycles. The summed E-state index contributed by atoms with van der Waals surface area (Å²) in [4.78, 5) is 39.8. The fraction of sp³-hybridized carbons (Fsp3) is 0.385. The molecule has 112 valence electrons. The first-order valence-electron chi connectivity index (χ1n) is 6.33. The smallest absolute Gasteiger partial charge is 0.356 e. The van der Waals surface area contributed by atoms with Gasteiger partial charge in [-0.25, -0.2) is 9.78 Å². The van der Waals surface area contributed by atoms with E-state index in [0.717, 1.165) is 0 Å². The van der Waals surface area contributed by atoms with Crippen molar-refractivity contribution in [3.8, 4) is 0 Å². The highest BCUT2D eigenvalue weighted by molar-refractivity contribution is 5.91. The summed E-state index contributed by atoms with van der Waals surface area (Å²) in [6.07, 6.45) is 1.10. The first kappa shape index (κ1) is 14.8. The van der Waals surface area contributed by atoms with Gasteiger partial charge in [0.15, 0.2) is 0 Å². The second-order valence-electron chi connectivity index (χ2n) is 4.49. The predicted molar refractivity (Wildman–Crippen MR) is 72.0 cm³/mol. The molecule has 1 unspecified atom stereocenters. The summed E-state index contributed by atoms with van der Waals surface area (Å²) in [5, 5.41) is 11.6. The van der Waals surface area contributed by atoms with Crippen LogP contribution in [0.4, 0.5) is 5.69 Å². The minimum absolute atomic E-state index is 0.107. The van der Waals surface area contributed by atoms with E-state index in [4.69, 9.17) is 5.11 Å². The third-order valence-corrected chi connectivity index (χ3v) is 3.17. The third-order valence-electron chi connectivity index (χ3n) is 3.17. The van der Waals surface area contributed by atoms with Crippen LogP contribution in [0.25, 0.3) is 0 Å². The van der Waals surface area contributed by atoms with Gasteiger partial charge in [0.05, 0.1) is 13.5 Å². The van der Waals surface area contributed by atoms with E-state index in [1.807, 2.05) is 0 Å². The van der Waals surface area contributed by atoms with E-state index in [0.29, 0.717) is 18.8 Å². The molecule has 1 aliphatic rings. The van der Waals surface area contributed by atoms with Crippen molar-refractivity contribution in [3.63, 3.8) is 0 Å². The van der Waals surface area contributed by atoms with Gasteiger partial charge in [-0.1, -0.05) is 0 Å². The number of rotatable bonds is 4. The largest absolute Gasteiger partial charge is 0.481 e. The number of piperazine rings is 1. The van der Waals surface area contributed by atoms with E-state index < -0.39 is 18.0 Å². The summed E-state index contributed by atoms with van der Waals surface area (Å²) in [5.41, 5.74) is 0.668. The van der Waals surface area contributed by atoms with Crippen LogP contribution < -0.4 is 10.2 Å². The molecule has 1 aliphatic heterocycles. The highest BCUT2D eigenvalue weighted by Gasteiger charge is 2.32. The van der Waals surface area contributed by atoms with Crippen molar-refractivity contribution in [1.82, 2.24) is 10.3 Å². The van der Waals surface area contributed by atoms with Crippen molar-refractivity contribution < 1.29 is 24.2 Å². The molecule has 8 nitrogen and oxygen atoms in total. The number of carboxylic acids is 1. The van der Waals surface area contributed by atoms with E-state index >= 15 is 0 Å². The lowest BCUT2D eigenvalue weighted by molar-refractivity contribution is -0.139. The fourth-order valence-electron chi connectivity index (χ4n) is 2.21. The van der Waals surface area contributed by atoms with Gasteiger partial charge in [0.2, 0.25) is 5.91 Å². The number of hydrogen-bond donors (Lipinski definition) is 2. The molecule has 1 aromatic rings. The zero-order valence-electron chi connectivity index (χ0n) is 11.4. The van der Waals surface area contributed by atoms with Gasteiger partial charge in [-0.15, -0.1) is 0 Å². The summed E-state index contributed by atoms with van der Waals surface area (Å²) < 4.78 is 4.60. The maximum atomic E-state index is 11.9. The van der Waals surface area contributed by atoms with E-state index in [9.17, 15) is 14.4 Å². The second kappa shape index (κ2) is 6.21. The lowest BCUT2D eigenvalue weighted by atomic mass is 10.1. The van der Waals surface area contributed by atoms with Gasteiger partial charge < -0.3 is 20.1 Å². The number of carbonyl (C=O) groups is 3. The van der Waals surface area contributed by atoms with Gasteiger partial charge in [0, 0.05) is 25.0 Å². The second-order valence-corrected chi connectivity index (χ2v) is 4.49. The van der Waals surface area contributed by atoms with Gasteiger partial charge in [0.1, 0.15) is 11.7 Å². The molecule has 2 rings (SSSR count). The Morgan fingerprint density at radius 3 is 3.00 bits per heavy atom. The molecule has 1 atom stereocenters. The first-order valence-corrected chi connectivity index (χ1v) is 6.33. The summed E-state index contributed by atoms with van der Waals surface area (Å²) in [6.45, 7) is 0.860. The number of aromatic nitrogens is 1. The highest BCUT2D eigenvalue weighted by atomic mass is 16.5. The molecule has 0 spiro atoms. The maximum Gasteiger partial charge on any atom is 0.356 e. The number of aliphatic carboxylic acids is 1. The number of amides is 1. The molecule has 1 aromatic heterocycles. The van der Waals surface area contributed by atoms with Crippen LogP contribution in [0.3, 0.4) is 0 Å². The maximum absolute atomic E-state index is 11.9. The van der Waals surface area contributed by atoms with Crippen molar-refractivity contribution in [3.05, 3.63) is 24.0 Å². The Bertz CT molecular complexity index is 575. The van der Waals surface area contributed by atoms with Crippen molar-refractivity contribution in [1.29, 1.82) is 0 Å². The fourth-order valence-corrected chi connectivity index (χ4v) is 2.21. The average molecular weight is 293 g/mol. The number of esters is 1. The number of hydrogen-bond acceptors (Lipinski definition) is 6. The van der Waals surface area contributed by atoms with Crippen LogP contribution in [-0.4, -0.2) is 54.2 Å². The van der Waals surface area contributed by atoms with Crippen LogP contribution in [0, 0.1) is 0 Å². The van der Waals surface area contributed by atoms with Crippen LogP contribution in [0.1, 0.15) is 16.9 Å². The summed E-state index contributed by atoms with van der Waals surface area (Å²) in [7, 11) is 1.25. The number of anilines is 1. The molecule has 0 saturated carbocycles. The number of pyridine rings is 1. The SMILES string of the molecule is COC(=O)c1cc(N2CCNC(=O)C2CC(=O)O)ccn1. The van der Waals surface area contributed by atoms with Crippen LogP contribution in [0.2, 0.25) is 0 Å². The molecule has 0 aromatic carbocycles. The van der Waals surface area contributed by atoms with Gasteiger partial charge in [-0.05, 0) is 12.1 Å². The zero-order chi connectivity index (χ0) is 15.4. The standard InChI is InChI=1S/C13H15N3O5/c1-21-13(20)9-6-8(2-3-14-9)16-5-4-15-12(19)10(16)7-11(17)18/h2-3,6,10H,4-5,7H2,1H3,(H,15,19)(H,17,18). The number of carboxylic acid groups (broad SMARTS) is 1. The average Bonchev–Trinajstić information content (AvgIpc) is 2.48. The van der Waals surface area contributed by atoms with Crippen LogP contribution in [-0.2, 0) is 14.3 Å². The van der Waals surface area contributed by atoms with Crippen LogP contribution >= 0.6 is 0 Å². The monoisotopic (exact) mass is 293 g/mol. The number of ether oxygens (including phenoxy) is 1. The van der Waals surface area contributed by atoms with E-state index in [2.05, 4.69) is 15.0 Å². The minimum atomic E-state index is -1.07. The van der Waals surface area contributed by atoms with E-state index in [1.54, 1.807) is 11.0 Å². The number of methoxy groups -OCH3 is 1. The summed E-state index contributed by atoms with van der Waals surface area (Å²) >= 11 is 0. The van der Waals surface area contributed by atoms with E-state index in [-0.39, 0.29) is 18.0 Å². The van der Waals surface area contributed by atoms with Crippen LogP contribution in [0.5, 0.6) is 0 Å².